The highest BCUT2D eigenvalue weighted by Crippen LogP contribution is 2.26. The van der Waals surface area contributed by atoms with E-state index in [1.807, 2.05) is 29.2 Å². The van der Waals surface area contributed by atoms with E-state index in [1.165, 1.54) is 6.07 Å². The second kappa shape index (κ2) is 10.4. The smallest absolute Gasteiger partial charge is 0.264 e. The van der Waals surface area contributed by atoms with Gasteiger partial charge in [0.25, 0.3) is 15.9 Å². The Bertz CT molecular complexity index is 1520. The van der Waals surface area contributed by atoms with Crippen LogP contribution in [0.5, 0.6) is 5.75 Å². The lowest BCUT2D eigenvalue weighted by Gasteiger charge is -2.24. The molecule has 5 rings (SSSR count). The molecule has 4 aromatic rings. The predicted molar refractivity (Wildman–Crippen MR) is 143 cm³/mol. The molecule has 190 valence electrons. The Hall–Kier alpha value is -4.18. The molecule has 1 aliphatic rings. The van der Waals surface area contributed by atoms with E-state index in [0.29, 0.717) is 42.2 Å². The van der Waals surface area contributed by atoms with E-state index in [2.05, 4.69) is 19.6 Å². The van der Waals surface area contributed by atoms with Crippen molar-refractivity contribution >= 4 is 38.3 Å². The van der Waals surface area contributed by atoms with Crippen molar-refractivity contribution in [1.29, 1.82) is 0 Å². The first-order valence-electron chi connectivity index (χ1n) is 12.0. The maximum absolute atomic E-state index is 13.2. The summed E-state index contributed by atoms with van der Waals surface area (Å²) in [4.78, 5) is 25.9. The molecule has 2 aromatic heterocycles. The summed E-state index contributed by atoms with van der Waals surface area (Å²) in [7, 11) is -2.24. The predicted octanol–water partition coefficient (Wildman–Crippen LogP) is 3.79. The van der Waals surface area contributed by atoms with E-state index < -0.39 is 10.0 Å². The van der Waals surface area contributed by atoms with Crippen LogP contribution in [-0.4, -0.2) is 62.5 Å². The average molecular weight is 518 g/mol. The molecule has 2 aromatic carbocycles. The molecule has 0 saturated carbocycles. The van der Waals surface area contributed by atoms with Crippen molar-refractivity contribution in [3.63, 3.8) is 0 Å². The van der Waals surface area contributed by atoms with Crippen LogP contribution in [0.1, 0.15) is 16.8 Å². The van der Waals surface area contributed by atoms with Crippen molar-refractivity contribution in [2.45, 2.75) is 11.3 Å². The van der Waals surface area contributed by atoms with Gasteiger partial charge in [0.15, 0.2) is 11.6 Å². The molecule has 0 spiro atoms. The van der Waals surface area contributed by atoms with Gasteiger partial charge in [-0.2, -0.15) is 0 Å². The van der Waals surface area contributed by atoms with Gasteiger partial charge in [-0.25, -0.2) is 13.4 Å². The minimum atomic E-state index is -3.87. The number of fused-ring (bicyclic) bond motifs is 1. The lowest BCUT2D eigenvalue weighted by atomic mass is 10.2. The second-order valence-electron chi connectivity index (χ2n) is 8.68. The number of carbonyl (C=O) groups is 1. The normalized spacial score (nSPS) is 14.3. The SMILES string of the molecule is COc1cccnc1N1CCCN(C(=O)c2ccc(NS(=O)(=O)c3cccc4cccnc34)cc2)CC1. The quantitative estimate of drug-likeness (QED) is 0.415. The lowest BCUT2D eigenvalue weighted by Crippen LogP contribution is -2.35. The van der Waals surface area contributed by atoms with Crippen molar-refractivity contribution in [2.24, 2.45) is 0 Å². The van der Waals surface area contributed by atoms with Gasteiger partial charge in [-0.05, 0) is 55.0 Å². The number of hydrogen-bond donors (Lipinski definition) is 1. The van der Waals surface area contributed by atoms with Crippen LogP contribution in [0.2, 0.25) is 0 Å². The monoisotopic (exact) mass is 517 g/mol. The summed E-state index contributed by atoms with van der Waals surface area (Å²) in [6, 6.07) is 18.8. The molecule has 0 radical (unpaired) electrons. The fourth-order valence-corrected chi connectivity index (χ4v) is 5.72. The molecule has 1 saturated heterocycles. The number of hydrogen-bond acceptors (Lipinski definition) is 7. The number of carbonyl (C=O) groups excluding carboxylic acids is 1. The molecule has 0 aliphatic carbocycles. The largest absolute Gasteiger partial charge is 0.493 e. The van der Waals surface area contributed by atoms with Crippen LogP contribution in [0.25, 0.3) is 10.9 Å². The van der Waals surface area contributed by atoms with Gasteiger partial charge >= 0.3 is 0 Å². The average Bonchev–Trinajstić information content (AvgIpc) is 3.19. The topological polar surface area (TPSA) is 105 Å². The molecular formula is C27H27N5O4S. The fraction of sp³-hybridized carbons (Fsp3) is 0.222. The molecule has 0 unspecified atom stereocenters. The minimum absolute atomic E-state index is 0.0949. The zero-order valence-corrected chi connectivity index (χ0v) is 21.2. The van der Waals surface area contributed by atoms with Crippen LogP contribution in [-0.2, 0) is 10.0 Å². The third kappa shape index (κ3) is 5.19. The number of methoxy groups -OCH3 is 1. The fourth-order valence-electron chi connectivity index (χ4n) is 4.48. The summed E-state index contributed by atoms with van der Waals surface area (Å²) in [5.74, 6) is 1.39. The Kier molecular flexibility index (Phi) is 6.91. The first-order valence-corrected chi connectivity index (χ1v) is 13.4. The van der Waals surface area contributed by atoms with E-state index in [1.54, 1.807) is 55.9 Å². The maximum atomic E-state index is 13.2. The third-order valence-corrected chi connectivity index (χ3v) is 7.74. The number of pyridine rings is 2. The Morgan fingerprint density at radius 3 is 2.46 bits per heavy atom. The molecule has 10 heteroatoms. The summed E-state index contributed by atoms with van der Waals surface area (Å²) in [6.07, 6.45) is 4.09. The highest BCUT2D eigenvalue weighted by molar-refractivity contribution is 7.93. The van der Waals surface area contributed by atoms with Gasteiger partial charge in [-0.15, -0.1) is 0 Å². The van der Waals surface area contributed by atoms with Gasteiger partial charge in [-0.3, -0.25) is 14.5 Å². The molecule has 1 N–H and O–H groups in total. The Labute approximate surface area is 215 Å². The first-order chi connectivity index (χ1) is 18.0. The van der Waals surface area contributed by atoms with E-state index >= 15 is 0 Å². The Morgan fingerprint density at radius 2 is 1.65 bits per heavy atom. The molecular weight excluding hydrogens is 490 g/mol. The number of benzene rings is 2. The number of aromatic nitrogens is 2. The number of anilines is 2. The van der Waals surface area contributed by atoms with Crippen LogP contribution >= 0.6 is 0 Å². The molecule has 37 heavy (non-hydrogen) atoms. The van der Waals surface area contributed by atoms with Crippen molar-refractivity contribution in [3.8, 4) is 5.75 Å². The Balaban J connectivity index is 1.27. The second-order valence-corrected chi connectivity index (χ2v) is 10.3. The van der Waals surface area contributed by atoms with Crippen LogP contribution in [0.4, 0.5) is 11.5 Å². The third-order valence-electron chi connectivity index (χ3n) is 6.32. The summed E-state index contributed by atoms with van der Waals surface area (Å²) in [5, 5.41) is 0.740. The van der Waals surface area contributed by atoms with Crippen LogP contribution < -0.4 is 14.4 Å². The van der Waals surface area contributed by atoms with E-state index in [0.717, 1.165) is 24.2 Å². The maximum Gasteiger partial charge on any atom is 0.264 e. The van der Waals surface area contributed by atoms with Crippen LogP contribution in [0, 0.1) is 0 Å². The van der Waals surface area contributed by atoms with Crippen molar-refractivity contribution in [1.82, 2.24) is 14.9 Å². The molecule has 1 aliphatic heterocycles. The molecule has 0 bridgehead atoms. The van der Waals surface area contributed by atoms with Gasteiger partial charge in [-0.1, -0.05) is 18.2 Å². The van der Waals surface area contributed by atoms with Crippen molar-refractivity contribution < 1.29 is 17.9 Å². The number of para-hydroxylation sites is 1. The highest BCUT2D eigenvalue weighted by atomic mass is 32.2. The molecule has 0 atom stereocenters. The molecule has 1 amide bonds. The van der Waals surface area contributed by atoms with Gasteiger partial charge in [0, 0.05) is 55.2 Å². The summed E-state index contributed by atoms with van der Waals surface area (Å²) < 4.78 is 34.2. The molecule has 3 heterocycles. The van der Waals surface area contributed by atoms with Crippen LogP contribution in [0.3, 0.4) is 0 Å². The van der Waals surface area contributed by atoms with Crippen LogP contribution in [0.15, 0.2) is 84.0 Å². The number of sulfonamides is 1. The lowest BCUT2D eigenvalue weighted by molar-refractivity contribution is 0.0767. The summed E-state index contributed by atoms with van der Waals surface area (Å²) >= 11 is 0. The van der Waals surface area contributed by atoms with E-state index in [4.69, 9.17) is 4.74 Å². The minimum Gasteiger partial charge on any atom is -0.493 e. The van der Waals surface area contributed by atoms with Gasteiger partial charge < -0.3 is 14.5 Å². The highest BCUT2D eigenvalue weighted by Gasteiger charge is 2.23. The van der Waals surface area contributed by atoms with Crippen molar-refractivity contribution in [3.05, 3.63) is 84.7 Å². The Morgan fingerprint density at radius 1 is 0.892 bits per heavy atom. The van der Waals surface area contributed by atoms with Gasteiger partial charge in [0.05, 0.1) is 12.6 Å². The van der Waals surface area contributed by atoms with E-state index in [9.17, 15) is 13.2 Å². The van der Waals surface area contributed by atoms with Crippen molar-refractivity contribution in [2.75, 3.05) is 42.9 Å². The number of ether oxygens (including phenoxy) is 1. The number of nitrogens with one attached hydrogen (secondary N) is 1. The zero-order chi connectivity index (χ0) is 25.8. The number of amides is 1. The summed E-state index contributed by atoms with van der Waals surface area (Å²) in [6.45, 7) is 2.56. The van der Waals surface area contributed by atoms with E-state index in [-0.39, 0.29) is 10.8 Å². The van der Waals surface area contributed by atoms with Gasteiger partial charge in [0.1, 0.15) is 4.90 Å². The summed E-state index contributed by atoms with van der Waals surface area (Å²) in [5.41, 5.74) is 1.27. The number of rotatable bonds is 6. The number of nitrogens with zero attached hydrogens (tertiary/aromatic N) is 4. The molecule has 9 nitrogen and oxygen atoms in total. The van der Waals surface area contributed by atoms with Gasteiger partial charge in [0.2, 0.25) is 0 Å². The standard InChI is InChI=1S/C27H27N5O4S/c1-36-23-8-4-15-29-26(23)31-16-5-17-32(19-18-31)27(33)21-10-12-22(13-11-21)30-37(34,35)24-9-2-6-20-7-3-14-28-25(20)24/h2-4,6-15,30H,5,16-19H2,1H3. The molecule has 1 fully saturated rings. The first kappa shape index (κ1) is 24.5. The zero-order valence-electron chi connectivity index (χ0n) is 20.4.